The Kier molecular flexibility index (Phi) is 5.90. The number of hydrogen-bond acceptors (Lipinski definition) is 5. The first-order chi connectivity index (χ1) is 12.3. The number of rotatable bonds is 8. The molecule has 3 rings (SSSR count). The maximum Gasteiger partial charge on any atom is 0.230 e. The first-order valence-corrected chi connectivity index (χ1v) is 9.17. The Hall–Kier alpha value is -2.54. The van der Waals surface area contributed by atoms with Gasteiger partial charge in [0.15, 0.2) is 10.9 Å². The highest BCUT2D eigenvalue weighted by molar-refractivity contribution is 7.99. The van der Waals surface area contributed by atoms with Gasteiger partial charge in [-0.3, -0.25) is 9.36 Å². The van der Waals surface area contributed by atoms with Crippen molar-refractivity contribution < 1.29 is 9.21 Å². The number of amides is 1. The minimum absolute atomic E-state index is 0.000611. The van der Waals surface area contributed by atoms with Gasteiger partial charge in [-0.15, -0.1) is 10.2 Å². The molecule has 2 aromatic heterocycles. The first-order valence-electron chi connectivity index (χ1n) is 8.18. The molecule has 3 aromatic rings. The van der Waals surface area contributed by atoms with Crippen LogP contribution in [0.1, 0.15) is 18.9 Å². The second-order valence-corrected chi connectivity index (χ2v) is 6.44. The van der Waals surface area contributed by atoms with Gasteiger partial charge in [0, 0.05) is 6.54 Å². The zero-order valence-corrected chi connectivity index (χ0v) is 14.8. The van der Waals surface area contributed by atoms with E-state index in [2.05, 4.69) is 15.5 Å². The van der Waals surface area contributed by atoms with Crippen LogP contribution < -0.4 is 5.32 Å². The monoisotopic (exact) mass is 356 g/mol. The van der Waals surface area contributed by atoms with E-state index in [1.165, 1.54) is 11.8 Å². The Labute approximate surface area is 150 Å². The normalized spacial score (nSPS) is 10.8. The molecule has 0 saturated heterocycles. The van der Waals surface area contributed by atoms with E-state index < -0.39 is 0 Å². The summed E-state index contributed by atoms with van der Waals surface area (Å²) < 4.78 is 7.46. The van der Waals surface area contributed by atoms with Gasteiger partial charge in [-0.2, -0.15) is 0 Å². The minimum atomic E-state index is 0.000611. The molecule has 0 saturated carbocycles. The first kappa shape index (κ1) is 17.3. The molecule has 7 heteroatoms. The van der Waals surface area contributed by atoms with E-state index in [0.717, 1.165) is 12.0 Å². The molecular formula is C18H20N4O2S. The van der Waals surface area contributed by atoms with E-state index in [-0.39, 0.29) is 5.91 Å². The fourth-order valence-electron chi connectivity index (χ4n) is 2.34. The molecule has 0 aliphatic heterocycles. The molecule has 1 aromatic carbocycles. The van der Waals surface area contributed by atoms with Crippen LogP contribution in [0.3, 0.4) is 0 Å². The molecule has 0 fully saturated rings. The van der Waals surface area contributed by atoms with Gasteiger partial charge in [-0.05, 0) is 24.1 Å². The highest BCUT2D eigenvalue weighted by Gasteiger charge is 2.17. The molecular weight excluding hydrogens is 336 g/mol. The van der Waals surface area contributed by atoms with Gasteiger partial charge in [0.25, 0.3) is 0 Å². The quantitative estimate of drug-likeness (QED) is 0.628. The predicted molar refractivity (Wildman–Crippen MR) is 97.3 cm³/mol. The summed E-state index contributed by atoms with van der Waals surface area (Å²) in [5.74, 6) is 1.63. The Morgan fingerprint density at radius 3 is 2.76 bits per heavy atom. The third-order valence-corrected chi connectivity index (χ3v) is 4.51. The van der Waals surface area contributed by atoms with Gasteiger partial charge in [0.2, 0.25) is 11.7 Å². The SMILES string of the molecule is CCCNC(=O)CSc1nnc(-c2ccco2)n1Cc1ccccc1. The molecule has 0 bridgehead atoms. The molecule has 0 atom stereocenters. The molecule has 25 heavy (non-hydrogen) atoms. The second kappa shape index (κ2) is 8.53. The van der Waals surface area contributed by atoms with Crippen LogP contribution in [0.15, 0.2) is 58.3 Å². The lowest BCUT2D eigenvalue weighted by Gasteiger charge is -2.09. The van der Waals surface area contributed by atoms with Crippen LogP contribution in [0.5, 0.6) is 0 Å². The van der Waals surface area contributed by atoms with Gasteiger partial charge < -0.3 is 9.73 Å². The highest BCUT2D eigenvalue weighted by atomic mass is 32.2. The molecule has 0 radical (unpaired) electrons. The van der Waals surface area contributed by atoms with Crippen molar-refractivity contribution in [3.05, 3.63) is 54.3 Å². The van der Waals surface area contributed by atoms with Crippen LogP contribution in [-0.4, -0.2) is 33.0 Å². The molecule has 0 aliphatic carbocycles. The number of aromatic nitrogens is 3. The smallest absolute Gasteiger partial charge is 0.230 e. The molecule has 0 spiro atoms. The summed E-state index contributed by atoms with van der Waals surface area (Å²) in [7, 11) is 0. The standard InChI is InChI=1S/C18H20N4O2S/c1-2-10-19-16(23)13-25-18-21-20-17(15-9-6-11-24-15)22(18)12-14-7-4-3-5-8-14/h3-9,11H,2,10,12-13H2,1H3,(H,19,23). The fourth-order valence-corrected chi connectivity index (χ4v) is 3.11. The van der Waals surface area contributed by atoms with Crippen LogP contribution in [0.25, 0.3) is 11.6 Å². The van der Waals surface area contributed by atoms with Crippen LogP contribution in [0, 0.1) is 0 Å². The number of benzene rings is 1. The number of nitrogens with zero attached hydrogens (tertiary/aromatic N) is 3. The number of thioether (sulfide) groups is 1. The van der Waals surface area contributed by atoms with Crippen molar-refractivity contribution in [1.29, 1.82) is 0 Å². The lowest BCUT2D eigenvalue weighted by molar-refractivity contribution is -0.118. The van der Waals surface area contributed by atoms with E-state index >= 15 is 0 Å². The molecule has 1 amide bonds. The zero-order chi connectivity index (χ0) is 17.5. The topological polar surface area (TPSA) is 73.0 Å². The summed E-state index contributed by atoms with van der Waals surface area (Å²) in [5, 5.41) is 12.1. The van der Waals surface area contributed by atoms with Gasteiger partial charge in [0.05, 0.1) is 18.6 Å². The summed E-state index contributed by atoms with van der Waals surface area (Å²) in [6.07, 6.45) is 2.53. The number of carbonyl (C=O) groups excluding carboxylic acids is 1. The van der Waals surface area contributed by atoms with Crippen LogP contribution in [0.4, 0.5) is 0 Å². The van der Waals surface area contributed by atoms with Crippen molar-refractivity contribution in [3.63, 3.8) is 0 Å². The lowest BCUT2D eigenvalue weighted by Crippen LogP contribution is -2.25. The third-order valence-electron chi connectivity index (χ3n) is 3.55. The average molecular weight is 356 g/mol. The fraction of sp³-hybridized carbons (Fsp3) is 0.278. The van der Waals surface area contributed by atoms with Crippen molar-refractivity contribution in [2.24, 2.45) is 0 Å². The molecule has 130 valence electrons. The summed E-state index contributed by atoms with van der Waals surface area (Å²) in [6.45, 7) is 3.33. The van der Waals surface area contributed by atoms with Gasteiger partial charge in [-0.25, -0.2) is 0 Å². The maximum atomic E-state index is 11.9. The zero-order valence-electron chi connectivity index (χ0n) is 14.0. The molecule has 6 nitrogen and oxygen atoms in total. The predicted octanol–water partition coefficient (Wildman–Crippen LogP) is 3.20. The van der Waals surface area contributed by atoms with Crippen LogP contribution in [-0.2, 0) is 11.3 Å². The summed E-state index contributed by atoms with van der Waals surface area (Å²) in [5.41, 5.74) is 1.13. The van der Waals surface area contributed by atoms with Crippen molar-refractivity contribution in [2.45, 2.75) is 25.0 Å². The molecule has 1 N–H and O–H groups in total. The van der Waals surface area contributed by atoms with Crippen LogP contribution in [0.2, 0.25) is 0 Å². The summed E-state index contributed by atoms with van der Waals surface area (Å²) in [6, 6.07) is 13.8. The number of nitrogens with one attached hydrogen (secondary N) is 1. The molecule has 2 heterocycles. The largest absolute Gasteiger partial charge is 0.461 e. The van der Waals surface area contributed by atoms with Gasteiger partial charge in [0.1, 0.15) is 0 Å². The summed E-state index contributed by atoms with van der Waals surface area (Å²) >= 11 is 1.38. The maximum absolute atomic E-state index is 11.9. The van der Waals surface area contributed by atoms with E-state index in [1.807, 2.05) is 54.0 Å². The Morgan fingerprint density at radius 1 is 1.20 bits per heavy atom. The van der Waals surface area contributed by atoms with Crippen molar-refractivity contribution in [1.82, 2.24) is 20.1 Å². The van der Waals surface area contributed by atoms with Crippen molar-refractivity contribution >= 4 is 17.7 Å². The van der Waals surface area contributed by atoms with E-state index in [0.29, 0.717) is 35.6 Å². The Bertz CT molecular complexity index is 800. The van der Waals surface area contributed by atoms with Crippen molar-refractivity contribution in [3.8, 4) is 11.6 Å². The second-order valence-electron chi connectivity index (χ2n) is 5.49. The van der Waals surface area contributed by atoms with E-state index in [9.17, 15) is 4.79 Å². The Morgan fingerprint density at radius 2 is 2.04 bits per heavy atom. The number of hydrogen-bond donors (Lipinski definition) is 1. The Balaban J connectivity index is 1.81. The number of furan rings is 1. The average Bonchev–Trinajstić information content (AvgIpc) is 3.29. The van der Waals surface area contributed by atoms with Gasteiger partial charge >= 0.3 is 0 Å². The van der Waals surface area contributed by atoms with E-state index in [4.69, 9.17) is 4.42 Å². The third kappa shape index (κ3) is 4.51. The minimum Gasteiger partial charge on any atom is -0.461 e. The summed E-state index contributed by atoms with van der Waals surface area (Å²) in [4.78, 5) is 11.9. The molecule has 0 aliphatic rings. The van der Waals surface area contributed by atoms with Crippen molar-refractivity contribution in [2.75, 3.05) is 12.3 Å². The van der Waals surface area contributed by atoms with Gasteiger partial charge in [-0.1, -0.05) is 49.0 Å². The lowest BCUT2D eigenvalue weighted by atomic mass is 10.2. The van der Waals surface area contributed by atoms with Crippen LogP contribution >= 0.6 is 11.8 Å². The highest BCUT2D eigenvalue weighted by Crippen LogP contribution is 2.25. The van der Waals surface area contributed by atoms with E-state index in [1.54, 1.807) is 6.26 Å². The number of carbonyl (C=O) groups is 1. The molecule has 0 unspecified atom stereocenters.